The van der Waals surface area contributed by atoms with Crippen molar-refractivity contribution in [2.24, 2.45) is 39.1 Å². The third-order valence-corrected chi connectivity index (χ3v) is 13.2. The third kappa shape index (κ3) is 5.53. The predicted octanol–water partition coefficient (Wildman–Crippen LogP) is 6.07. The monoisotopic (exact) mass is 647 g/mol. The molecule has 1 N–H and O–H groups in total. The van der Waals surface area contributed by atoms with Gasteiger partial charge in [0.15, 0.2) is 5.82 Å². The quantitative estimate of drug-likeness (QED) is 0.159. The number of hydrogen-bond acceptors (Lipinski definition) is 9. The second kappa shape index (κ2) is 12.6. The molecule has 3 aliphatic carbocycles. The van der Waals surface area contributed by atoms with Crippen molar-refractivity contribution in [3.05, 3.63) is 48.3 Å². The van der Waals surface area contributed by atoms with Gasteiger partial charge in [0.05, 0.1) is 18.1 Å². The van der Waals surface area contributed by atoms with E-state index in [1.54, 1.807) is 10.9 Å². The molecule has 6 rings (SSSR count). The van der Waals surface area contributed by atoms with Crippen LogP contribution in [0.5, 0.6) is 0 Å². The highest BCUT2D eigenvalue weighted by Crippen LogP contribution is 2.68. The van der Waals surface area contributed by atoms with Crippen LogP contribution in [-0.2, 0) is 14.3 Å². The number of aliphatic hydroxyl groups excluding tert-OH is 1. The van der Waals surface area contributed by atoms with Crippen LogP contribution in [0, 0.1) is 40.9 Å². The van der Waals surface area contributed by atoms with E-state index in [4.69, 9.17) is 4.74 Å². The number of anilines is 1. The number of aromatic nitrogens is 3. The summed E-state index contributed by atoms with van der Waals surface area (Å²) >= 11 is 1.23. The molecule has 0 unspecified atom stereocenters. The summed E-state index contributed by atoms with van der Waals surface area (Å²) in [6.45, 7) is 16.6. The predicted molar refractivity (Wildman–Crippen MR) is 181 cm³/mol. The van der Waals surface area contributed by atoms with Crippen molar-refractivity contribution in [3.63, 3.8) is 0 Å². The summed E-state index contributed by atoms with van der Waals surface area (Å²) in [6, 6.07) is 8.37. The topological polar surface area (TPSA) is 110 Å². The number of carbonyl (C=O) groups excluding carboxylic acids is 2. The Labute approximate surface area is 277 Å². The summed E-state index contributed by atoms with van der Waals surface area (Å²) in [6.07, 6.45) is 8.38. The molecule has 8 atom stereocenters. The molecule has 1 aliphatic heterocycles. The van der Waals surface area contributed by atoms with Gasteiger partial charge in [-0.2, -0.15) is 9.78 Å². The Balaban J connectivity index is 1.19. The van der Waals surface area contributed by atoms with Gasteiger partial charge in [-0.05, 0) is 80.4 Å². The normalized spacial score (nSPS) is 36.0. The molecule has 0 amide bonds. The molecule has 3 saturated carbocycles. The Morgan fingerprint density at radius 1 is 1.17 bits per heavy atom. The highest BCUT2D eigenvalue weighted by atomic mass is 32.2. The van der Waals surface area contributed by atoms with Crippen LogP contribution in [0.4, 0.5) is 5.69 Å². The fraction of sp³-hybridized carbons (Fsp3) is 0.639. The van der Waals surface area contributed by atoms with Crippen molar-refractivity contribution < 1.29 is 19.4 Å². The van der Waals surface area contributed by atoms with Gasteiger partial charge in [0.25, 0.3) is 0 Å². The maximum atomic E-state index is 13.7. The van der Waals surface area contributed by atoms with E-state index in [1.165, 1.54) is 30.3 Å². The van der Waals surface area contributed by atoms with E-state index >= 15 is 0 Å². The molecule has 2 aromatic rings. The van der Waals surface area contributed by atoms with E-state index < -0.39 is 23.0 Å². The summed E-state index contributed by atoms with van der Waals surface area (Å²) in [7, 11) is 0. The number of nitrogens with zero attached hydrogens (tertiary/aromatic N) is 5. The minimum absolute atomic E-state index is 0.0205. The molecule has 4 aliphatic rings. The molecule has 46 heavy (non-hydrogen) atoms. The number of aliphatic hydroxyl groups is 1. The van der Waals surface area contributed by atoms with Crippen LogP contribution in [0.3, 0.4) is 0 Å². The zero-order valence-electron chi connectivity index (χ0n) is 27.9. The second-order valence-corrected chi connectivity index (χ2v) is 15.7. The summed E-state index contributed by atoms with van der Waals surface area (Å²) < 4.78 is 8.04. The minimum Gasteiger partial charge on any atom is -0.461 e. The lowest BCUT2D eigenvalue weighted by Crippen LogP contribution is -2.63. The minimum atomic E-state index is -0.692. The molecule has 0 radical (unpaired) electrons. The number of carbonyl (C=O) groups is 2. The van der Waals surface area contributed by atoms with Gasteiger partial charge in [0, 0.05) is 41.9 Å². The Morgan fingerprint density at radius 3 is 2.59 bits per heavy atom. The van der Waals surface area contributed by atoms with Crippen LogP contribution in [-0.4, -0.2) is 69.0 Å². The number of thioether (sulfide) groups is 1. The lowest BCUT2D eigenvalue weighted by Gasteiger charge is -2.61. The van der Waals surface area contributed by atoms with Gasteiger partial charge in [0.1, 0.15) is 11.9 Å². The van der Waals surface area contributed by atoms with Gasteiger partial charge in [-0.1, -0.05) is 57.7 Å². The fourth-order valence-electron chi connectivity index (χ4n) is 9.25. The average Bonchev–Trinajstić information content (AvgIpc) is 3.80. The van der Waals surface area contributed by atoms with Gasteiger partial charge in [-0.3, -0.25) is 9.59 Å². The van der Waals surface area contributed by atoms with Crippen molar-refractivity contribution in [1.82, 2.24) is 14.9 Å². The van der Waals surface area contributed by atoms with Crippen LogP contribution >= 0.6 is 11.8 Å². The average molecular weight is 648 g/mol. The molecule has 2 bridgehead atoms. The third-order valence-electron chi connectivity index (χ3n) is 12.3. The lowest BCUT2D eigenvalue weighted by molar-refractivity contribution is -0.205. The smallest absolute Gasteiger partial charge is 0.316 e. The standard InChI is InChI=1S/C36H49N5O4S/c1-7-34(5)20-29(35(6)23(2)14-16-36(24(3)32(34)44)17-15-28(42)31(35)36)45-30(43)22-46-33-39-38-25(4)41(33)37-21-26-10-12-27(13-11-26)40-18-8-9-19-40/h7,10-13,21,23-24,29,31-32,44H,1,8-9,14-20,22H2,2-6H3/b37-21+/t23-,24+,29-,31+,32+,34-,35+,36+/m1/s1. The van der Waals surface area contributed by atoms with E-state index in [2.05, 4.69) is 71.8 Å². The number of hydrogen-bond donors (Lipinski definition) is 1. The highest BCUT2D eigenvalue weighted by Gasteiger charge is 2.68. The second-order valence-electron chi connectivity index (χ2n) is 14.7. The van der Waals surface area contributed by atoms with Crippen molar-refractivity contribution in [1.29, 1.82) is 0 Å². The van der Waals surface area contributed by atoms with E-state index in [0.29, 0.717) is 23.8 Å². The molecule has 0 spiro atoms. The molecule has 1 aromatic carbocycles. The first-order chi connectivity index (χ1) is 21.9. The Kier molecular flexibility index (Phi) is 9.00. The Morgan fingerprint density at radius 2 is 1.89 bits per heavy atom. The number of rotatable bonds is 8. The molecule has 4 fully saturated rings. The van der Waals surface area contributed by atoms with Gasteiger partial charge in [-0.15, -0.1) is 16.8 Å². The first-order valence-corrected chi connectivity index (χ1v) is 17.9. The van der Waals surface area contributed by atoms with E-state index in [0.717, 1.165) is 37.9 Å². The van der Waals surface area contributed by atoms with Crippen molar-refractivity contribution in [3.8, 4) is 0 Å². The molecule has 1 saturated heterocycles. The largest absolute Gasteiger partial charge is 0.461 e. The molecular formula is C36H49N5O4S. The van der Waals surface area contributed by atoms with Gasteiger partial charge < -0.3 is 14.7 Å². The highest BCUT2D eigenvalue weighted by molar-refractivity contribution is 7.99. The van der Waals surface area contributed by atoms with Crippen LogP contribution in [0.15, 0.2) is 47.2 Å². The maximum absolute atomic E-state index is 13.7. The first-order valence-electron chi connectivity index (χ1n) is 16.9. The summed E-state index contributed by atoms with van der Waals surface area (Å²) in [5, 5.41) is 25.4. The molecular weight excluding hydrogens is 598 g/mol. The van der Waals surface area contributed by atoms with Gasteiger partial charge >= 0.3 is 5.97 Å². The Bertz CT molecular complexity index is 1500. The number of benzene rings is 1. The zero-order chi connectivity index (χ0) is 32.9. The summed E-state index contributed by atoms with van der Waals surface area (Å²) in [5.74, 6) is 0.365. The van der Waals surface area contributed by atoms with Crippen LogP contribution in [0.2, 0.25) is 0 Å². The number of ether oxygens (including phenoxy) is 1. The lowest BCUT2D eigenvalue weighted by atomic mass is 9.44. The number of aryl methyl sites for hydroxylation is 1. The van der Waals surface area contributed by atoms with Gasteiger partial charge in [0.2, 0.25) is 5.16 Å². The SMILES string of the molecule is C=C[C@]1(C)C[C@@H](OC(=O)CSc2nnc(C)n2/N=C/c2ccc(N3CCCC3)cc2)[C@]2(C)[C@H](C)CC[C@]3(CCC(=O)[C@H]32)[C@@H](C)[C@@H]1O. The van der Waals surface area contributed by atoms with Crippen LogP contribution in [0.25, 0.3) is 0 Å². The Hall–Kier alpha value is -2.98. The van der Waals surface area contributed by atoms with Crippen LogP contribution in [0.1, 0.15) is 84.0 Å². The van der Waals surface area contributed by atoms with Crippen molar-refractivity contribution >= 4 is 35.4 Å². The van der Waals surface area contributed by atoms with Gasteiger partial charge in [-0.25, -0.2) is 0 Å². The fourth-order valence-corrected chi connectivity index (χ4v) is 9.96. The van der Waals surface area contributed by atoms with Crippen molar-refractivity contribution in [2.45, 2.75) is 96.9 Å². The molecule has 10 heteroatoms. The van der Waals surface area contributed by atoms with E-state index in [9.17, 15) is 14.7 Å². The molecule has 2 heterocycles. The van der Waals surface area contributed by atoms with Crippen molar-refractivity contribution in [2.75, 3.05) is 23.7 Å². The molecule has 9 nitrogen and oxygen atoms in total. The molecule has 1 aromatic heterocycles. The zero-order valence-corrected chi connectivity index (χ0v) is 28.8. The summed E-state index contributed by atoms with van der Waals surface area (Å²) in [4.78, 5) is 29.7. The number of Topliss-reactive ketones (excluding diaryl/α,β-unsaturated/α-hetero) is 1. The summed E-state index contributed by atoms with van der Waals surface area (Å²) in [5.41, 5.74) is 0.673. The van der Waals surface area contributed by atoms with E-state index in [-0.39, 0.29) is 40.7 Å². The number of esters is 1. The molecule has 248 valence electrons. The first kappa shape index (κ1) is 32.9. The van der Waals surface area contributed by atoms with Crippen LogP contribution < -0.4 is 4.90 Å². The number of ketones is 1. The maximum Gasteiger partial charge on any atom is 0.316 e. The van der Waals surface area contributed by atoms with E-state index in [1.807, 2.05) is 19.9 Å².